The van der Waals surface area contributed by atoms with Gasteiger partial charge in [0.25, 0.3) is 0 Å². The molecule has 0 aromatic rings. The number of allylic oxidation sites excluding steroid dienone is 1. The lowest BCUT2D eigenvalue weighted by Gasteiger charge is -1.96. The van der Waals surface area contributed by atoms with E-state index in [9.17, 15) is 4.57 Å². The zero-order chi connectivity index (χ0) is 7.33. The van der Waals surface area contributed by atoms with Crippen molar-refractivity contribution in [2.24, 2.45) is 0 Å². The third-order valence-electron chi connectivity index (χ3n) is 0.369. The second-order valence-corrected chi connectivity index (χ2v) is 5.58. The highest BCUT2D eigenvalue weighted by Gasteiger charge is 2.11. The summed E-state index contributed by atoms with van der Waals surface area (Å²) in [5.41, 5.74) is 0. The molecule has 0 unspecified atom stereocenters. The zero-order valence-corrected chi connectivity index (χ0v) is 7.42. The van der Waals surface area contributed by atoms with E-state index in [1.807, 2.05) is 0 Å². The van der Waals surface area contributed by atoms with Crippen molar-refractivity contribution < 1.29 is 9.09 Å². The minimum atomic E-state index is -3.40. The van der Waals surface area contributed by atoms with Gasteiger partial charge in [0.1, 0.15) is 0 Å². The summed E-state index contributed by atoms with van der Waals surface area (Å²) >= 11 is 15.1. The SMILES string of the molecule is O=P(Cl)(Cl)OC=CCCl. The molecule has 0 fully saturated rings. The van der Waals surface area contributed by atoms with Gasteiger partial charge in [0, 0.05) is 28.4 Å². The molecular weight excluding hydrogens is 205 g/mol. The van der Waals surface area contributed by atoms with Crippen molar-refractivity contribution in [2.75, 3.05) is 5.88 Å². The second kappa shape index (κ2) is 4.45. The molecule has 0 aromatic heterocycles. The van der Waals surface area contributed by atoms with Crippen molar-refractivity contribution in [1.82, 2.24) is 0 Å². The van der Waals surface area contributed by atoms with E-state index in [-0.39, 0.29) is 5.88 Å². The Bertz CT molecular complexity index is 140. The quantitative estimate of drug-likeness (QED) is 0.405. The van der Waals surface area contributed by atoms with E-state index >= 15 is 0 Å². The average Bonchev–Trinajstić information content (AvgIpc) is 1.63. The Morgan fingerprint density at radius 2 is 2.11 bits per heavy atom. The predicted molar refractivity (Wildman–Crippen MR) is 40.3 cm³/mol. The molecular formula is C3H4Cl3O2P. The van der Waals surface area contributed by atoms with Gasteiger partial charge in [-0.25, -0.2) is 4.57 Å². The molecule has 0 saturated heterocycles. The summed E-state index contributed by atoms with van der Waals surface area (Å²) in [4.78, 5) is 0. The number of hydrogen-bond donors (Lipinski definition) is 0. The van der Waals surface area contributed by atoms with Gasteiger partial charge in [-0.2, -0.15) is 0 Å². The van der Waals surface area contributed by atoms with Crippen LogP contribution in [0.4, 0.5) is 0 Å². The van der Waals surface area contributed by atoms with Crippen molar-refractivity contribution in [3.05, 3.63) is 12.3 Å². The smallest absolute Gasteiger partial charge is 0.427 e. The van der Waals surface area contributed by atoms with Gasteiger partial charge < -0.3 is 4.52 Å². The highest BCUT2D eigenvalue weighted by molar-refractivity contribution is 8.05. The van der Waals surface area contributed by atoms with Crippen LogP contribution < -0.4 is 0 Å². The van der Waals surface area contributed by atoms with Crippen LogP contribution in [0.25, 0.3) is 0 Å². The first-order chi connectivity index (χ1) is 4.06. The van der Waals surface area contributed by atoms with Crippen LogP contribution in [0.15, 0.2) is 12.3 Å². The summed E-state index contributed by atoms with van der Waals surface area (Å²) in [6.45, 7) is 0. The molecule has 0 atom stereocenters. The Balaban J connectivity index is 3.51. The maximum absolute atomic E-state index is 10.3. The Labute approximate surface area is 67.8 Å². The molecule has 0 aliphatic carbocycles. The maximum atomic E-state index is 10.3. The third kappa shape index (κ3) is 8.64. The Kier molecular flexibility index (Phi) is 4.77. The van der Waals surface area contributed by atoms with Gasteiger partial charge in [-0.15, -0.1) is 11.6 Å². The predicted octanol–water partition coefficient (Wildman–Crippen LogP) is 3.34. The first-order valence-electron chi connectivity index (χ1n) is 1.95. The zero-order valence-electron chi connectivity index (χ0n) is 4.26. The molecule has 0 rings (SSSR count). The van der Waals surface area contributed by atoms with E-state index in [2.05, 4.69) is 4.52 Å². The molecule has 0 heterocycles. The maximum Gasteiger partial charge on any atom is 0.427 e. The van der Waals surface area contributed by atoms with Crippen LogP contribution in [-0.4, -0.2) is 5.88 Å². The fourth-order valence-corrected chi connectivity index (χ4v) is 0.727. The van der Waals surface area contributed by atoms with E-state index < -0.39 is 6.07 Å². The first kappa shape index (κ1) is 9.64. The van der Waals surface area contributed by atoms with E-state index in [0.29, 0.717) is 0 Å². The summed E-state index contributed by atoms with van der Waals surface area (Å²) in [6.07, 6.45) is -0.862. The number of halogens is 3. The van der Waals surface area contributed by atoms with E-state index in [1.54, 1.807) is 0 Å². The van der Waals surface area contributed by atoms with Gasteiger partial charge in [0.15, 0.2) is 0 Å². The molecule has 0 aliphatic rings. The summed E-state index contributed by atoms with van der Waals surface area (Å²) in [5.74, 6) is 0.272. The number of hydrogen-bond acceptors (Lipinski definition) is 2. The summed E-state index contributed by atoms with van der Waals surface area (Å²) in [5, 5.41) is 0. The van der Waals surface area contributed by atoms with Gasteiger partial charge in [-0.1, -0.05) is 0 Å². The van der Waals surface area contributed by atoms with Crippen LogP contribution in [0.1, 0.15) is 0 Å². The number of alkyl halides is 1. The van der Waals surface area contributed by atoms with Crippen molar-refractivity contribution in [3.63, 3.8) is 0 Å². The molecule has 6 heteroatoms. The highest BCUT2D eigenvalue weighted by atomic mass is 35.9. The van der Waals surface area contributed by atoms with Gasteiger partial charge >= 0.3 is 6.07 Å². The van der Waals surface area contributed by atoms with Crippen LogP contribution >= 0.6 is 40.2 Å². The Hall–Kier alpha value is 0.640. The molecule has 0 aliphatic heterocycles. The molecule has 0 saturated carbocycles. The van der Waals surface area contributed by atoms with Crippen LogP contribution in [0.3, 0.4) is 0 Å². The topological polar surface area (TPSA) is 26.3 Å². The van der Waals surface area contributed by atoms with Crippen molar-refractivity contribution in [1.29, 1.82) is 0 Å². The first-order valence-corrected chi connectivity index (χ1v) is 5.92. The van der Waals surface area contributed by atoms with Gasteiger partial charge in [0.05, 0.1) is 6.26 Å². The molecule has 0 N–H and O–H groups in total. The molecule has 2 nitrogen and oxygen atoms in total. The van der Waals surface area contributed by atoms with Crippen molar-refractivity contribution in [3.8, 4) is 0 Å². The van der Waals surface area contributed by atoms with Crippen LogP contribution in [0.2, 0.25) is 0 Å². The number of rotatable bonds is 3. The second-order valence-electron chi connectivity index (χ2n) is 1.05. The van der Waals surface area contributed by atoms with E-state index in [4.69, 9.17) is 34.1 Å². The molecule has 0 spiro atoms. The lowest BCUT2D eigenvalue weighted by molar-refractivity contribution is 0.470. The summed E-state index contributed by atoms with van der Waals surface area (Å²) in [7, 11) is 0. The molecule has 0 amide bonds. The largest absolute Gasteiger partial charge is 0.431 e. The summed E-state index contributed by atoms with van der Waals surface area (Å²) < 4.78 is 14.6. The standard InChI is InChI=1S/C3H4Cl3O2P/c4-2-1-3-8-9(5,6)7/h1,3H,2H2. The lowest BCUT2D eigenvalue weighted by Crippen LogP contribution is -1.65. The highest BCUT2D eigenvalue weighted by Crippen LogP contribution is 2.57. The van der Waals surface area contributed by atoms with E-state index in [0.717, 1.165) is 6.26 Å². The minimum absolute atomic E-state index is 0.272. The lowest BCUT2D eigenvalue weighted by atomic mass is 10.7. The Morgan fingerprint density at radius 3 is 2.44 bits per heavy atom. The van der Waals surface area contributed by atoms with Crippen molar-refractivity contribution in [2.45, 2.75) is 0 Å². The average molecular weight is 209 g/mol. The van der Waals surface area contributed by atoms with Crippen LogP contribution in [0, 0.1) is 0 Å². The van der Waals surface area contributed by atoms with Crippen LogP contribution in [-0.2, 0) is 9.09 Å². The summed E-state index contributed by atoms with van der Waals surface area (Å²) in [6, 6.07) is 0. The molecule has 0 bridgehead atoms. The Morgan fingerprint density at radius 1 is 1.56 bits per heavy atom. The third-order valence-corrected chi connectivity index (χ3v) is 1.39. The monoisotopic (exact) mass is 208 g/mol. The molecule has 0 radical (unpaired) electrons. The van der Waals surface area contributed by atoms with Gasteiger partial charge in [-0.05, 0) is 6.08 Å². The van der Waals surface area contributed by atoms with Gasteiger partial charge in [0.2, 0.25) is 0 Å². The minimum Gasteiger partial charge on any atom is -0.431 e. The molecule has 54 valence electrons. The fraction of sp³-hybridized carbons (Fsp3) is 0.333. The van der Waals surface area contributed by atoms with Gasteiger partial charge in [-0.3, -0.25) is 0 Å². The normalized spacial score (nSPS) is 12.3. The molecule has 9 heavy (non-hydrogen) atoms. The van der Waals surface area contributed by atoms with Crippen molar-refractivity contribution >= 4 is 40.2 Å². The fourth-order valence-electron chi connectivity index (χ4n) is 0.150. The van der Waals surface area contributed by atoms with Crippen LogP contribution in [0.5, 0.6) is 0 Å². The molecule has 0 aromatic carbocycles. The van der Waals surface area contributed by atoms with E-state index in [1.165, 1.54) is 6.08 Å².